The van der Waals surface area contributed by atoms with Crippen LogP contribution in [-0.4, -0.2) is 12.5 Å². The van der Waals surface area contributed by atoms with Crippen molar-refractivity contribution in [2.45, 2.75) is 26.7 Å². The number of hydrogen-bond donors (Lipinski definition) is 1. The second-order valence-corrected chi connectivity index (χ2v) is 6.67. The number of halogens is 1. The summed E-state index contributed by atoms with van der Waals surface area (Å²) < 4.78 is 6.75. The molecule has 0 aliphatic carbocycles. The molecule has 4 heteroatoms. The number of aryl methyl sites for hydroxylation is 1. The van der Waals surface area contributed by atoms with Gasteiger partial charge in [0, 0.05) is 3.57 Å². The Balaban J connectivity index is 2.02. The summed E-state index contributed by atoms with van der Waals surface area (Å²) in [6.45, 7) is 6.26. The third-order valence-corrected chi connectivity index (χ3v) is 4.24. The molecule has 0 spiro atoms. The lowest BCUT2D eigenvalue weighted by atomic mass is 10.0. The molecular weight excluding hydrogens is 389 g/mol. The van der Waals surface area contributed by atoms with Crippen LogP contribution in [-0.2, 0) is 4.79 Å². The first-order chi connectivity index (χ1) is 10.5. The zero-order valence-corrected chi connectivity index (χ0v) is 15.2. The Labute approximate surface area is 145 Å². The highest BCUT2D eigenvalue weighted by molar-refractivity contribution is 14.1. The Morgan fingerprint density at radius 1 is 1.23 bits per heavy atom. The normalized spacial score (nSPS) is 10.6. The van der Waals surface area contributed by atoms with Crippen LogP contribution in [0.15, 0.2) is 42.5 Å². The van der Waals surface area contributed by atoms with Crippen LogP contribution in [0.2, 0.25) is 0 Å². The molecule has 1 amide bonds. The van der Waals surface area contributed by atoms with Crippen molar-refractivity contribution >= 4 is 34.2 Å². The first kappa shape index (κ1) is 16.8. The molecule has 0 radical (unpaired) electrons. The number of hydrogen-bond acceptors (Lipinski definition) is 2. The van der Waals surface area contributed by atoms with Gasteiger partial charge in [0.2, 0.25) is 0 Å². The molecule has 0 aliphatic rings. The van der Waals surface area contributed by atoms with E-state index < -0.39 is 0 Å². The molecule has 0 aromatic heterocycles. The van der Waals surface area contributed by atoms with E-state index in [2.05, 4.69) is 53.9 Å². The Bertz CT molecular complexity index is 668. The maximum Gasteiger partial charge on any atom is 0.262 e. The standard InChI is InChI=1S/C18H20INO2/c1-12(2)14-9-8-13(3)10-17(14)22-11-18(21)20-16-7-5-4-6-15(16)19/h4-10,12H,11H2,1-3H3,(H,20,21). The number of benzene rings is 2. The molecule has 1 N–H and O–H groups in total. The predicted molar refractivity (Wildman–Crippen MR) is 98.6 cm³/mol. The maximum atomic E-state index is 12.1. The zero-order valence-electron chi connectivity index (χ0n) is 13.0. The van der Waals surface area contributed by atoms with Crippen molar-refractivity contribution in [1.82, 2.24) is 0 Å². The number of ether oxygens (including phenoxy) is 1. The van der Waals surface area contributed by atoms with Crippen molar-refractivity contribution < 1.29 is 9.53 Å². The quantitative estimate of drug-likeness (QED) is 0.725. The first-order valence-corrected chi connectivity index (χ1v) is 8.33. The maximum absolute atomic E-state index is 12.1. The third kappa shape index (κ3) is 4.47. The van der Waals surface area contributed by atoms with E-state index in [1.54, 1.807) is 0 Å². The molecule has 0 atom stereocenters. The van der Waals surface area contributed by atoms with Crippen molar-refractivity contribution in [1.29, 1.82) is 0 Å². The molecule has 0 unspecified atom stereocenters. The van der Waals surface area contributed by atoms with Gasteiger partial charge in [-0.15, -0.1) is 0 Å². The SMILES string of the molecule is Cc1ccc(C(C)C)c(OCC(=O)Nc2ccccc2I)c1. The van der Waals surface area contributed by atoms with Crippen LogP contribution >= 0.6 is 22.6 Å². The van der Waals surface area contributed by atoms with Crippen LogP contribution in [0.5, 0.6) is 5.75 Å². The van der Waals surface area contributed by atoms with E-state index in [1.165, 1.54) is 0 Å². The second kappa shape index (κ2) is 7.63. The van der Waals surface area contributed by atoms with Gasteiger partial charge < -0.3 is 10.1 Å². The summed E-state index contributed by atoms with van der Waals surface area (Å²) in [5.41, 5.74) is 3.05. The minimum atomic E-state index is -0.152. The van der Waals surface area contributed by atoms with Crippen LogP contribution < -0.4 is 10.1 Å². The molecule has 0 bridgehead atoms. The summed E-state index contributed by atoms with van der Waals surface area (Å²) in [6, 6.07) is 13.8. The van der Waals surface area contributed by atoms with Gasteiger partial charge in [-0.2, -0.15) is 0 Å². The Kier molecular flexibility index (Phi) is 5.83. The van der Waals surface area contributed by atoms with E-state index in [0.29, 0.717) is 5.92 Å². The fourth-order valence-corrected chi connectivity index (χ4v) is 2.66. The molecule has 3 nitrogen and oxygen atoms in total. The molecular formula is C18H20INO2. The average Bonchev–Trinajstić information content (AvgIpc) is 2.47. The topological polar surface area (TPSA) is 38.3 Å². The predicted octanol–water partition coefficient (Wildman–Crippen LogP) is 4.74. The molecule has 0 saturated carbocycles. The number of rotatable bonds is 5. The number of nitrogens with one attached hydrogen (secondary N) is 1. The molecule has 22 heavy (non-hydrogen) atoms. The average molecular weight is 409 g/mol. The lowest BCUT2D eigenvalue weighted by molar-refractivity contribution is -0.118. The molecule has 2 aromatic rings. The molecule has 116 valence electrons. The third-order valence-electron chi connectivity index (χ3n) is 3.30. The Hall–Kier alpha value is -1.56. The van der Waals surface area contributed by atoms with Gasteiger partial charge in [-0.05, 0) is 64.8 Å². The highest BCUT2D eigenvalue weighted by atomic mass is 127. The fourth-order valence-electron chi connectivity index (χ4n) is 2.14. The van der Waals surface area contributed by atoms with Gasteiger partial charge in [-0.25, -0.2) is 0 Å². The van der Waals surface area contributed by atoms with E-state index in [0.717, 1.165) is 26.1 Å². The van der Waals surface area contributed by atoms with Gasteiger partial charge >= 0.3 is 0 Å². The summed E-state index contributed by atoms with van der Waals surface area (Å²) in [5, 5.41) is 2.87. The molecule has 2 aromatic carbocycles. The Morgan fingerprint density at radius 2 is 1.95 bits per heavy atom. The largest absolute Gasteiger partial charge is 0.483 e. The molecule has 0 heterocycles. The van der Waals surface area contributed by atoms with E-state index in [4.69, 9.17) is 4.74 Å². The lowest BCUT2D eigenvalue weighted by Crippen LogP contribution is -2.21. The van der Waals surface area contributed by atoms with E-state index in [1.807, 2.05) is 37.3 Å². The number of carbonyl (C=O) groups is 1. The molecule has 0 saturated heterocycles. The van der Waals surface area contributed by atoms with Crippen molar-refractivity contribution in [3.8, 4) is 5.75 Å². The zero-order chi connectivity index (χ0) is 16.1. The van der Waals surface area contributed by atoms with Gasteiger partial charge in [-0.3, -0.25) is 4.79 Å². The van der Waals surface area contributed by atoms with Gasteiger partial charge in [0.05, 0.1) is 5.69 Å². The van der Waals surface area contributed by atoms with Crippen molar-refractivity contribution in [2.75, 3.05) is 11.9 Å². The monoisotopic (exact) mass is 409 g/mol. The highest BCUT2D eigenvalue weighted by Gasteiger charge is 2.11. The summed E-state index contributed by atoms with van der Waals surface area (Å²) in [4.78, 5) is 12.1. The number of anilines is 1. The van der Waals surface area contributed by atoms with Crippen molar-refractivity contribution in [3.05, 3.63) is 57.2 Å². The van der Waals surface area contributed by atoms with Crippen molar-refractivity contribution in [2.24, 2.45) is 0 Å². The summed E-state index contributed by atoms with van der Waals surface area (Å²) in [7, 11) is 0. The lowest BCUT2D eigenvalue weighted by Gasteiger charge is -2.15. The smallest absolute Gasteiger partial charge is 0.262 e. The second-order valence-electron chi connectivity index (χ2n) is 5.51. The number of carbonyl (C=O) groups excluding carboxylic acids is 1. The minimum absolute atomic E-state index is 0.00808. The van der Waals surface area contributed by atoms with Crippen LogP contribution in [0.1, 0.15) is 30.9 Å². The Morgan fingerprint density at radius 3 is 2.64 bits per heavy atom. The van der Waals surface area contributed by atoms with Crippen LogP contribution in [0.25, 0.3) is 0 Å². The minimum Gasteiger partial charge on any atom is -0.483 e. The van der Waals surface area contributed by atoms with Crippen LogP contribution in [0, 0.1) is 10.5 Å². The van der Waals surface area contributed by atoms with Crippen LogP contribution in [0.3, 0.4) is 0 Å². The molecule has 0 fully saturated rings. The summed E-state index contributed by atoms with van der Waals surface area (Å²) in [6.07, 6.45) is 0. The fraction of sp³-hybridized carbons (Fsp3) is 0.278. The van der Waals surface area contributed by atoms with Crippen molar-refractivity contribution in [3.63, 3.8) is 0 Å². The number of para-hydroxylation sites is 1. The van der Waals surface area contributed by atoms with E-state index in [9.17, 15) is 4.79 Å². The van der Waals surface area contributed by atoms with E-state index in [-0.39, 0.29) is 12.5 Å². The van der Waals surface area contributed by atoms with E-state index >= 15 is 0 Å². The molecule has 2 rings (SSSR count). The van der Waals surface area contributed by atoms with Gasteiger partial charge in [0.1, 0.15) is 5.75 Å². The van der Waals surface area contributed by atoms with Gasteiger partial charge in [-0.1, -0.05) is 38.1 Å². The first-order valence-electron chi connectivity index (χ1n) is 7.25. The highest BCUT2D eigenvalue weighted by Crippen LogP contribution is 2.27. The number of amides is 1. The van der Waals surface area contributed by atoms with Crippen LogP contribution in [0.4, 0.5) is 5.69 Å². The van der Waals surface area contributed by atoms with Gasteiger partial charge in [0.15, 0.2) is 6.61 Å². The summed E-state index contributed by atoms with van der Waals surface area (Å²) >= 11 is 2.20. The summed E-state index contributed by atoms with van der Waals surface area (Å²) in [5.74, 6) is 0.988. The van der Waals surface area contributed by atoms with Gasteiger partial charge in [0.25, 0.3) is 5.91 Å². The molecule has 0 aliphatic heterocycles.